The molecule has 0 rings (SSSR count). The third kappa shape index (κ3) is 1.72. The Balaban J connectivity index is 5.37. The van der Waals surface area contributed by atoms with Gasteiger partial charge in [0.05, 0.1) is 0 Å². The summed E-state index contributed by atoms with van der Waals surface area (Å²) < 4.78 is 70.8. The summed E-state index contributed by atoms with van der Waals surface area (Å²) in [5, 5.41) is 17.2. The van der Waals surface area contributed by atoms with Crippen LogP contribution < -0.4 is 0 Å². The molecule has 14 heavy (non-hydrogen) atoms. The number of nitrogens with zero attached hydrogens (tertiary/aromatic N) is 1. The van der Waals surface area contributed by atoms with E-state index in [1.807, 2.05) is 0 Å². The molecule has 4 nitrogen and oxygen atoms in total. The predicted octanol–water partition coefficient (Wildman–Crippen LogP) is 2.16. The number of aliphatic hydroxyl groups excluding tert-OH is 1. The van der Waals surface area contributed by atoms with Gasteiger partial charge < -0.3 is 5.11 Å². The summed E-state index contributed by atoms with van der Waals surface area (Å²) in [6.45, 7) is 0. The summed E-state index contributed by atoms with van der Waals surface area (Å²) in [6, 6.07) is -6.00. The van der Waals surface area contributed by atoms with Crippen molar-refractivity contribution < 1.29 is 36.4 Å². The summed E-state index contributed by atoms with van der Waals surface area (Å²) in [5.41, 5.74) is 0. The van der Waals surface area contributed by atoms with Crippen molar-refractivity contribution in [3.63, 3.8) is 0 Å². The normalized spacial score (nSPS) is 12.4. The van der Waals surface area contributed by atoms with E-state index in [4.69, 9.17) is 5.11 Å². The largest absolute Gasteiger partial charge is 0.584 e. The Bertz CT molecular complexity index is 283. The van der Waals surface area contributed by atoms with Gasteiger partial charge in [-0.25, -0.2) is 0 Å². The number of nitro groups is 1. The minimum Gasteiger partial charge on any atom is -0.502 e. The highest BCUT2D eigenvalue weighted by Crippen LogP contribution is 2.40. The minimum atomic E-state index is -6.00. The summed E-state index contributed by atoms with van der Waals surface area (Å²) in [5.74, 6) is -9.27. The Labute approximate surface area is 71.6 Å². The molecule has 0 saturated carbocycles. The van der Waals surface area contributed by atoms with Gasteiger partial charge in [-0.15, -0.1) is 8.78 Å². The van der Waals surface area contributed by atoms with Crippen molar-refractivity contribution in [2.45, 2.75) is 12.0 Å². The zero-order valence-electron chi connectivity index (χ0n) is 5.98. The molecule has 0 aliphatic heterocycles. The Hall–Kier alpha value is -1.48. The van der Waals surface area contributed by atoms with Crippen LogP contribution in [0.2, 0.25) is 0 Å². The molecule has 0 amide bonds. The van der Waals surface area contributed by atoms with Crippen molar-refractivity contribution in [3.05, 3.63) is 22.0 Å². The molecule has 0 aliphatic carbocycles. The van der Waals surface area contributed by atoms with Crippen molar-refractivity contribution in [3.8, 4) is 0 Å². The topological polar surface area (TPSA) is 63.4 Å². The van der Waals surface area contributed by atoms with Crippen LogP contribution in [0.1, 0.15) is 0 Å². The van der Waals surface area contributed by atoms with Gasteiger partial charge in [-0.1, -0.05) is 0 Å². The van der Waals surface area contributed by atoms with Crippen LogP contribution in [0.25, 0.3) is 0 Å². The first kappa shape index (κ1) is 12.5. The van der Waals surface area contributed by atoms with Crippen molar-refractivity contribution in [2.24, 2.45) is 0 Å². The summed E-state index contributed by atoms with van der Waals surface area (Å²) in [4.78, 5) is 6.62. The third-order valence-electron chi connectivity index (χ3n) is 1.08. The molecule has 0 aromatic heterocycles. The lowest BCUT2D eigenvalue weighted by molar-refractivity contribution is -0.672. The van der Waals surface area contributed by atoms with Crippen molar-refractivity contribution in [2.75, 3.05) is 0 Å². The van der Waals surface area contributed by atoms with E-state index in [0.29, 0.717) is 0 Å². The molecule has 0 aromatic carbocycles. The molecule has 1 N–H and O–H groups in total. The lowest BCUT2D eigenvalue weighted by Crippen LogP contribution is -2.48. The maximum absolute atomic E-state index is 12.1. The lowest BCUT2D eigenvalue weighted by Gasteiger charge is -2.16. The van der Waals surface area contributed by atoms with Crippen LogP contribution in [0.15, 0.2) is 11.8 Å². The SMILES string of the molecule is O=[N+]([O-])C(F)(F)C(F)(F)C(O)=C(F)F. The van der Waals surface area contributed by atoms with Crippen molar-refractivity contribution >= 4 is 0 Å². The first-order chi connectivity index (χ1) is 6.05. The zero-order chi connectivity index (χ0) is 11.7. The number of aliphatic hydroxyl groups is 1. The molecule has 10 heteroatoms. The molecular weight excluding hydrogens is 224 g/mol. The average Bonchev–Trinajstić information content (AvgIpc) is 2.01. The van der Waals surface area contributed by atoms with Gasteiger partial charge in [0.15, 0.2) is 0 Å². The maximum Gasteiger partial charge on any atom is 0.584 e. The molecule has 0 bridgehead atoms. The van der Waals surface area contributed by atoms with E-state index >= 15 is 0 Å². The molecule has 0 fully saturated rings. The second-order valence-electron chi connectivity index (χ2n) is 1.98. The lowest BCUT2D eigenvalue weighted by atomic mass is 10.2. The summed E-state index contributed by atoms with van der Waals surface area (Å²) in [6.07, 6.45) is -3.52. The number of halogens is 6. The van der Waals surface area contributed by atoms with E-state index in [1.165, 1.54) is 0 Å². The van der Waals surface area contributed by atoms with Crippen LogP contribution in [0, 0.1) is 10.1 Å². The van der Waals surface area contributed by atoms with Crippen LogP contribution in [0.5, 0.6) is 0 Å². The molecule has 0 heterocycles. The molecule has 0 atom stereocenters. The fraction of sp³-hybridized carbons (Fsp3) is 0.500. The van der Waals surface area contributed by atoms with Gasteiger partial charge in [0.2, 0.25) is 5.76 Å². The quantitative estimate of drug-likeness (QED) is 0.263. The second kappa shape index (κ2) is 3.35. The fourth-order valence-corrected chi connectivity index (χ4v) is 0.376. The molecule has 0 saturated heterocycles. The number of alkyl halides is 4. The van der Waals surface area contributed by atoms with E-state index in [0.717, 1.165) is 0 Å². The van der Waals surface area contributed by atoms with Gasteiger partial charge in [-0.2, -0.15) is 17.6 Å². The molecule has 82 valence electrons. The van der Waals surface area contributed by atoms with Crippen LogP contribution in [-0.4, -0.2) is 22.0 Å². The molecule has 0 spiro atoms. The van der Waals surface area contributed by atoms with Gasteiger partial charge in [0, 0.05) is 0 Å². The Morgan fingerprint density at radius 1 is 1.21 bits per heavy atom. The van der Waals surface area contributed by atoms with Crippen LogP contribution in [0.4, 0.5) is 26.3 Å². The van der Waals surface area contributed by atoms with Gasteiger partial charge >= 0.3 is 18.0 Å². The molecular formula is C4HF6NO3. The summed E-state index contributed by atoms with van der Waals surface area (Å²) in [7, 11) is 0. The van der Waals surface area contributed by atoms with Gasteiger partial charge in [0.1, 0.15) is 4.92 Å². The highest BCUT2D eigenvalue weighted by molar-refractivity contribution is 5.07. The smallest absolute Gasteiger partial charge is 0.502 e. The van der Waals surface area contributed by atoms with Crippen LogP contribution >= 0.6 is 0 Å². The average molecular weight is 225 g/mol. The predicted molar refractivity (Wildman–Crippen MR) is 28.8 cm³/mol. The second-order valence-corrected chi connectivity index (χ2v) is 1.98. The van der Waals surface area contributed by atoms with Crippen LogP contribution in [0.3, 0.4) is 0 Å². The van der Waals surface area contributed by atoms with E-state index in [2.05, 4.69) is 0 Å². The fourth-order valence-electron chi connectivity index (χ4n) is 0.376. The van der Waals surface area contributed by atoms with Gasteiger partial charge in [0.25, 0.3) is 0 Å². The van der Waals surface area contributed by atoms with Gasteiger partial charge in [-0.3, -0.25) is 10.1 Å². The van der Waals surface area contributed by atoms with E-state index < -0.39 is 28.7 Å². The summed E-state index contributed by atoms with van der Waals surface area (Å²) >= 11 is 0. The highest BCUT2D eigenvalue weighted by atomic mass is 19.3. The standard InChI is InChI=1S/C4HF6NO3/c5-2(6)1(12)3(7,8)4(9,10)11(13)14/h12H. The van der Waals surface area contributed by atoms with Crippen LogP contribution in [-0.2, 0) is 0 Å². The first-order valence-corrected chi connectivity index (χ1v) is 2.70. The third-order valence-corrected chi connectivity index (χ3v) is 1.08. The number of rotatable bonds is 3. The van der Waals surface area contributed by atoms with E-state index in [9.17, 15) is 36.5 Å². The van der Waals surface area contributed by atoms with E-state index in [1.54, 1.807) is 0 Å². The monoisotopic (exact) mass is 225 g/mol. The zero-order valence-corrected chi connectivity index (χ0v) is 5.98. The number of hydrogen-bond acceptors (Lipinski definition) is 3. The van der Waals surface area contributed by atoms with E-state index in [-0.39, 0.29) is 0 Å². The van der Waals surface area contributed by atoms with Gasteiger partial charge in [-0.05, 0) is 0 Å². The molecule has 0 aliphatic rings. The molecule has 0 aromatic rings. The maximum atomic E-state index is 12.1. The van der Waals surface area contributed by atoms with Crippen molar-refractivity contribution in [1.82, 2.24) is 0 Å². The number of hydrogen-bond donors (Lipinski definition) is 1. The molecule has 0 unspecified atom stereocenters. The van der Waals surface area contributed by atoms with Crippen molar-refractivity contribution in [1.29, 1.82) is 0 Å². The first-order valence-electron chi connectivity index (χ1n) is 2.70. The Morgan fingerprint density at radius 2 is 1.57 bits per heavy atom. The molecule has 0 radical (unpaired) electrons. The Morgan fingerprint density at radius 3 is 1.79 bits per heavy atom. The minimum absolute atomic E-state index is 2.77. The Kier molecular flexibility index (Phi) is 2.99. The highest BCUT2D eigenvalue weighted by Gasteiger charge is 2.72.